The molecule has 1 saturated heterocycles. The van der Waals surface area contributed by atoms with Crippen LogP contribution in [0, 0.1) is 5.92 Å². The van der Waals surface area contributed by atoms with Gasteiger partial charge in [-0.15, -0.1) is 0 Å². The molecule has 98 valence electrons. The normalized spacial score (nSPS) is 27.9. The molecule has 1 aliphatic heterocycles. The Morgan fingerprint density at radius 2 is 2.06 bits per heavy atom. The summed E-state index contributed by atoms with van der Waals surface area (Å²) >= 11 is 0. The van der Waals surface area contributed by atoms with Crippen LogP contribution in [0.5, 0.6) is 0 Å². The van der Waals surface area contributed by atoms with Crippen LogP contribution in [-0.2, 0) is 6.54 Å². The predicted octanol–water partition coefficient (Wildman–Crippen LogP) is 2.70. The van der Waals surface area contributed by atoms with Crippen molar-refractivity contribution >= 4 is 5.69 Å². The van der Waals surface area contributed by atoms with Crippen LogP contribution in [-0.4, -0.2) is 17.6 Å². The minimum absolute atomic E-state index is 0.594. The van der Waals surface area contributed by atoms with Crippen LogP contribution in [0.1, 0.15) is 44.1 Å². The molecule has 1 aromatic rings. The average Bonchev–Trinajstić information content (AvgIpc) is 2.46. The van der Waals surface area contributed by atoms with E-state index < -0.39 is 0 Å². The first-order valence-electron chi connectivity index (χ1n) is 7.29. The number of piperidine rings is 1. The van der Waals surface area contributed by atoms with E-state index in [2.05, 4.69) is 16.0 Å². The number of fused-ring (bicyclic) bond motifs is 1. The van der Waals surface area contributed by atoms with Gasteiger partial charge in [0.15, 0.2) is 0 Å². The first kappa shape index (κ1) is 12.0. The van der Waals surface area contributed by atoms with Crippen molar-refractivity contribution in [2.45, 2.75) is 51.1 Å². The molecule has 3 heteroatoms. The first-order chi connectivity index (χ1) is 8.90. The number of aromatic nitrogens is 1. The predicted molar refractivity (Wildman–Crippen MR) is 74.5 cm³/mol. The summed E-state index contributed by atoms with van der Waals surface area (Å²) in [6, 6.07) is 2.90. The lowest BCUT2D eigenvalue weighted by Gasteiger charge is -2.46. The van der Waals surface area contributed by atoms with E-state index in [1.165, 1.54) is 56.3 Å². The first-order valence-corrected chi connectivity index (χ1v) is 7.29. The van der Waals surface area contributed by atoms with E-state index in [4.69, 9.17) is 5.73 Å². The van der Waals surface area contributed by atoms with E-state index in [0.717, 1.165) is 12.0 Å². The third kappa shape index (κ3) is 2.12. The van der Waals surface area contributed by atoms with Crippen molar-refractivity contribution in [1.82, 2.24) is 4.98 Å². The second kappa shape index (κ2) is 5.27. The number of pyridine rings is 1. The molecule has 2 heterocycles. The van der Waals surface area contributed by atoms with Crippen LogP contribution >= 0.6 is 0 Å². The number of anilines is 1. The zero-order valence-electron chi connectivity index (χ0n) is 11.0. The maximum absolute atomic E-state index is 5.86. The number of nitrogens with zero attached hydrogens (tertiary/aromatic N) is 2. The van der Waals surface area contributed by atoms with Gasteiger partial charge in [-0.25, -0.2) is 0 Å². The molecule has 1 aliphatic carbocycles. The number of nitrogens with two attached hydrogens (primary N) is 1. The Kier molecular flexibility index (Phi) is 3.50. The van der Waals surface area contributed by atoms with Crippen LogP contribution in [0.4, 0.5) is 5.69 Å². The highest BCUT2D eigenvalue weighted by molar-refractivity contribution is 5.53. The highest BCUT2D eigenvalue weighted by Crippen LogP contribution is 2.38. The lowest BCUT2D eigenvalue weighted by atomic mass is 9.78. The fraction of sp³-hybridized carbons (Fsp3) is 0.667. The van der Waals surface area contributed by atoms with Gasteiger partial charge in [0.05, 0.1) is 0 Å². The SMILES string of the molecule is NCc1cnccc1N1CCCC2CCCCC21. The molecule has 2 aliphatic rings. The largest absolute Gasteiger partial charge is 0.368 e. The van der Waals surface area contributed by atoms with Crippen LogP contribution in [0.25, 0.3) is 0 Å². The monoisotopic (exact) mass is 245 g/mol. The van der Waals surface area contributed by atoms with Gasteiger partial charge in [-0.05, 0) is 37.7 Å². The summed E-state index contributed by atoms with van der Waals surface area (Å²) in [5.74, 6) is 0.909. The van der Waals surface area contributed by atoms with Gasteiger partial charge in [-0.2, -0.15) is 0 Å². The van der Waals surface area contributed by atoms with Crippen molar-refractivity contribution in [2.75, 3.05) is 11.4 Å². The molecule has 0 radical (unpaired) electrons. The highest BCUT2D eigenvalue weighted by Gasteiger charge is 2.33. The van der Waals surface area contributed by atoms with Crippen molar-refractivity contribution in [3.05, 3.63) is 24.0 Å². The number of hydrogen-bond acceptors (Lipinski definition) is 3. The summed E-state index contributed by atoms with van der Waals surface area (Å²) in [4.78, 5) is 6.83. The van der Waals surface area contributed by atoms with Crippen LogP contribution < -0.4 is 10.6 Å². The molecule has 0 spiro atoms. The van der Waals surface area contributed by atoms with Gasteiger partial charge in [0.1, 0.15) is 0 Å². The van der Waals surface area contributed by atoms with Gasteiger partial charge in [0.25, 0.3) is 0 Å². The van der Waals surface area contributed by atoms with Crippen molar-refractivity contribution in [3.8, 4) is 0 Å². The Balaban J connectivity index is 1.89. The Morgan fingerprint density at radius 3 is 2.94 bits per heavy atom. The summed E-state index contributed by atoms with van der Waals surface area (Å²) < 4.78 is 0. The minimum atomic E-state index is 0.594. The fourth-order valence-electron chi connectivity index (χ4n) is 3.78. The molecule has 0 amide bonds. The maximum atomic E-state index is 5.86. The lowest BCUT2D eigenvalue weighted by molar-refractivity contribution is 0.243. The van der Waals surface area contributed by atoms with Gasteiger partial charge >= 0.3 is 0 Å². The Morgan fingerprint density at radius 1 is 1.22 bits per heavy atom. The standard InChI is InChI=1S/C15H23N3/c16-10-13-11-17-8-7-15(13)18-9-3-5-12-4-1-2-6-14(12)18/h7-8,11-12,14H,1-6,9-10,16H2. The zero-order chi connectivity index (χ0) is 12.4. The molecule has 0 aromatic carbocycles. The molecule has 1 saturated carbocycles. The summed E-state index contributed by atoms with van der Waals surface area (Å²) in [5, 5.41) is 0. The topological polar surface area (TPSA) is 42.1 Å². The van der Waals surface area contributed by atoms with Crippen molar-refractivity contribution in [3.63, 3.8) is 0 Å². The molecule has 2 unspecified atom stereocenters. The minimum Gasteiger partial charge on any atom is -0.368 e. The Labute approximate surface area is 109 Å². The summed E-state index contributed by atoms with van der Waals surface area (Å²) in [6.45, 7) is 1.79. The van der Waals surface area contributed by atoms with Gasteiger partial charge in [0.2, 0.25) is 0 Å². The molecule has 3 rings (SSSR count). The molecular weight excluding hydrogens is 222 g/mol. The zero-order valence-corrected chi connectivity index (χ0v) is 11.0. The summed E-state index contributed by atoms with van der Waals surface area (Å²) in [6.07, 6.45) is 12.2. The highest BCUT2D eigenvalue weighted by atomic mass is 15.2. The molecule has 18 heavy (non-hydrogen) atoms. The van der Waals surface area contributed by atoms with Gasteiger partial charge in [-0.1, -0.05) is 12.8 Å². The molecule has 1 aromatic heterocycles. The average molecular weight is 245 g/mol. The number of hydrogen-bond donors (Lipinski definition) is 1. The fourth-order valence-corrected chi connectivity index (χ4v) is 3.78. The van der Waals surface area contributed by atoms with E-state index in [1.54, 1.807) is 0 Å². The van der Waals surface area contributed by atoms with Crippen LogP contribution in [0.15, 0.2) is 18.5 Å². The van der Waals surface area contributed by atoms with Crippen molar-refractivity contribution < 1.29 is 0 Å². The van der Waals surface area contributed by atoms with Gasteiger partial charge in [0, 0.05) is 42.8 Å². The van der Waals surface area contributed by atoms with E-state index in [1.807, 2.05) is 12.4 Å². The maximum Gasteiger partial charge on any atom is 0.0445 e. The molecule has 2 N–H and O–H groups in total. The summed E-state index contributed by atoms with van der Waals surface area (Å²) in [5.41, 5.74) is 8.39. The molecule has 2 atom stereocenters. The molecule has 2 fully saturated rings. The van der Waals surface area contributed by atoms with Gasteiger partial charge in [-0.3, -0.25) is 4.98 Å². The molecule has 3 nitrogen and oxygen atoms in total. The van der Waals surface area contributed by atoms with E-state index >= 15 is 0 Å². The van der Waals surface area contributed by atoms with E-state index in [-0.39, 0.29) is 0 Å². The molecule has 0 bridgehead atoms. The van der Waals surface area contributed by atoms with Crippen molar-refractivity contribution in [1.29, 1.82) is 0 Å². The third-order valence-electron chi connectivity index (χ3n) is 4.65. The van der Waals surface area contributed by atoms with E-state index in [9.17, 15) is 0 Å². The summed E-state index contributed by atoms with van der Waals surface area (Å²) in [7, 11) is 0. The van der Waals surface area contributed by atoms with Crippen LogP contribution in [0.2, 0.25) is 0 Å². The Hall–Kier alpha value is -1.09. The molecular formula is C15H23N3. The second-order valence-electron chi connectivity index (χ2n) is 5.66. The number of rotatable bonds is 2. The lowest BCUT2D eigenvalue weighted by Crippen LogP contribution is -2.47. The third-order valence-corrected chi connectivity index (χ3v) is 4.65. The smallest absolute Gasteiger partial charge is 0.0445 e. The van der Waals surface area contributed by atoms with Gasteiger partial charge < -0.3 is 10.6 Å². The van der Waals surface area contributed by atoms with Crippen LogP contribution in [0.3, 0.4) is 0 Å². The van der Waals surface area contributed by atoms with E-state index in [0.29, 0.717) is 6.54 Å². The quantitative estimate of drug-likeness (QED) is 0.871. The van der Waals surface area contributed by atoms with Crippen molar-refractivity contribution in [2.24, 2.45) is 11.7 Å². The second-order valence-corrected chi connectivity index (χ2v) is 5.66. The Bertz CT molecular complexity index is 402.